The molecule has 1 fully saturated rings. The minimum Gasteiger partial charge on any atom is -0.348 e. The van der Waals surface area contributed by atoms with Crippen LogP contribution in [0.1, 0.15) is 35.1 Å². The van der Waals surface area contributed by atoms with E-state index in [9.17, 15) is 4.79 Å². The summed E-state index contributed by atoms with van der Waals surface area (Å²) in [5.74, 6) is -0.0579. The molecule has 0 saturated carbocycles. The average Bonchev–Trinajstić information content (AvgIpc) is 3.12. The highest BCUT2D eigenvalue weighted by Gasteiger charge is 2.13. The van der Waals surface area contributed by atoms with Gasteiger partial charge in [0.15, 0.2) is 0 Å². The van der Waals surface area contributed by atoms with Gasteiger partial charge in [-0.25, -0.2) is 0 Å². The van der Waals surface area contributed by atoms with Crippen LogP contribution in [0.15, 0.2) is 54.6 Å². The second kappa shape index (κ2) is 8.63. The molecule has 1 amide bonds. The van der Waals surface area contributed by atoms with Crippen LogP contribution in [0.25, 0.3) is 6.08 Å². The summed E-state index contributed by atoms with van der Waals surface area (Å²) in [6, 6.07) is 16.5. The maximum absolute atomic E-state index is 12.1. The summed E-state index contributed by atoms with van der Waals surface area (Å²) in [5, 5.41) is 3.00. The third kappa shape index (κ3) is 5.30. The molecule has 130 valence electrons. The Morgan fingerprint density at radius 1 is 1.08 bits per heavy atom. The molecule has 1 heterocycles. The molecule has 3 rings (SSSR count). The zero-order chi connectivity index (χ0) is 17.5. The molecule has 0 atom stereocenters. The molecule has 0 bridgehead atoms. The van der Waals surface area contributed by atoms with Gasteiger partial charge in [-0.3, -0.25) is 9.69 Å². The van der Waals surface area contributed by atoms with Crippen molar-refractivity contribution in [3.63, 3.8) is 0 Å². The Kier molecular flexibility index (Phi) is 6.02. The van der Waals surface area contributed by atoms with Crippen LogP contribution in [0, 0.1) is 6.92 Å². The van der Waals surface area contributed by atoms with Crippen LogP contribution in [0.4, 0.5) is 0 Å². The minimum atomic E-state index is -0.0579. The summed E-state index contributed by atoms with van der Waals surface area (Å²) < 4.78 is 0. The molecule has 1 aliphatic rings. The first-order chi connectivity index (χ1) is 12.2. The van der Waals surface area contributed by atoms with Crippen molar-refractivity contribution in [3.8, 4) is 0 Å². The van der Waals surface area contributed by atoms with E-state index in [-0.39, 0.29) is 5.91 Å². The lowest BCUT2D eigenvalue weighted by molar-refractivity contribution is -0.116. The number of nitrogens with zero attached hydrogens (tertiary/aromatic N) is 1. The molecular formula is C22H26N2O. The number of nitrogens with one attached hydrogen (secondary N) is 1. The fourth-order valence-corrected chi connectivity index (χ4v) is 3.25. The first-order valence-corrected chi connectivity index (χ1v) is 9.02. The normalized spacial score (nSPS) is 14.9. The van der Waals surface area contributed by atoms with Crippen LogP contribution >= 0.6 is 0 Å². The van der Waals surface area contributed by atoms with Gasteiger partial charge in [-0.2, -0.15) is 0 Å². The number of carbonyl (C=O) groups is 1. The fraction of sp³-hybridized carbons (Fsp3) is 0.318. The average molecular weight is 334 g/mol. The lowest BCUT2D eigenvalue weighted by Crippen LogP contribution is -2.23. The third-order valence-electron chi connectivity index (χ3n) is 4.63. The van der Waals surface area contributed by atoms with Gasteiger partial charge >= 0.3 is 0 Å². The van der Waals surface area contributed by atoms with E-state index < -0.39 is 0 Å². The molecule has 3 heteroatoms. The SMILES string of the molecule is Cc1cccc(/C=C/C(=O)NCc2ccccc2CN2CCCC2)c1. The van der Waals surface area contributed by atoms with E-state index in [1.165, 1.54) is 42.6 Å². The fourth-order valence-electron chi connectivity index (χ4n) is 3.25. The van der Waals surface area contributed by atoms with Crippen molar-refractivity contribution < 1.29 is 4.79 Å². The number of carbonyl (C=O) groups excluding carboxylic acids is 1. The molecule has 0 unspecified atom stereocenters. The van der Waals surface area contributed by atoms with Gasteiger partial charge in [0.05, 0.1) is 0 Å². The van der Waals surface area contributed by atoms with Gasteiger partial charge in [0.2, 0.25) is 5.91 Å². The molecule has 0 spiro atoms. The summed E-state index contributed by atoms with van der Waals surface area (Å²) in [6.07, 6.45) is 6.06. The first kappa shape index (κ1) is 17.4. The predicted octanol–water partition coefficient (Wildman–Crippen LogP) is 3.92. The highest BCUT2D eigenvalue weighted by atomic mass is 16.1. The van der Waals surface area contributed by atoms with Crippen molar-refractivity contribution in [2.45, 2.75) is 32.9 Å². The number of amides is 1. The van der Waals surface area contributed by atoms with Crippen molar-refractivity contribution in [2.75, 3.05) is 13.1 Å². The van der Waals surface area contributed by atoms with Crippen LogP contribution in [0.3, 0.4) is 0 Å². The topological polar surface area (TPSA) is 32.3 Å². The van der Waals surface area contributed by atoms with Gasteiger partial charge in [-0.05, 0) is 55.6 Å². The Balaban J connectivity index is 1.56. The van der Waals surface area contributed by atoms with Gasteiger partial charge in [0.1, 0.15) is 0 Å². The zero-order valence-corrected chi connectivity index (χ0v) is 14.9. The molecule has 3 nitrogen and oxygen atoms in total. The first-order valence-electron chi connectivity index (χ1n) is 9.02. The molecule has 2 aromatic rings. The summed E-state index contributed by atoms with van der Waals surface area (Å²) in [7, 11) is 0. The monoisotopic (exact) mass is 334 g/mol. The van der Waals surface area contributed by atoms with Crippen molar-refractivity contribution in [1.29, 1.82) is 0 Å². The Morgan fingerprint density at radius 3 is 2.60 bits per heavy atom. The largest absolute Gasteiger partial charge is 0.348 e. The second-order valence-corrected chi connectivity index (χ2v) is 6.72. The van der Waals surface area contributed by atoms with Crippen LogP contribution in [-0.4, -0.2) is 23.9 Å². The highest BCUT2D eigenvalue weighted by molar-refractivity contribution is 5.91. The molecule has 1 N–H and O–H groups in total. The van der Waals surface area contributed by atoms with Crippen molar-refractivity contribution in [1.82, 2.24) is 10.2 Å². The quantitative estimate of drug-likeness (QED) is 0.812. The van der Waals surface area contributed by atoms with Gasteiger partial charge in [-0.1, -0.05) is 54.1 Å². The number of benzene rings is 2. The van der Waals surface area contributed by atoms with Crippen LogP contribution in [0.5, 0.6) is 0 Å². The van der Waals surface area contributed by atoms with E-state index in [1.807, 2.05) is 24.3 Å². The lowest BCUT2D eigenvalue weighted by atomic mass is 10.1. The van der Waals surface area contributed by atoms with E-state index in [1.54, 1.807) is 6.08 Å². The van der Waals surface area contributed by atoms with Gasteiger partial charge in [0.25, 0.3) is 0 Å². The Bertz CT molecular complexity index is 745. The lowest BCUT2D eigenvalue weighted by Gasteiger charge is -2.17. The van der Waals surface area contributed by atoms with Crippen molar-refractivity contribution >= 4 is 12.0 Å². The maximum atomic E-state index is 12.1. The number of likely N-dealkylation sites (tertiary alicyclic amines) is 1. The van der Waals surface area contributed by atoms with E-state index in [0.717, 1.165) is 12.1 Å². The molecule has 25 heavy (non-hydrogen) atoms. The number of hydrogen-bond acceptors (Lipinski definition) is 2. The molecule has 0 aliphatic carbocycles. The zero-order valence-electron chi connectivity index (χ0n) is 14.9. The second-order valence-electron chi connectivity index (χ2n) is 6.72. The Morgan fingerprint density at radius 2 is 1.84 bits per heavy atom. The minimum absolute atomic E-state index is 0.0579. The van der Waals surface area contributed by atoms with Crippen molar-refractivity contribution in [2.24, 2.45) is 0 Å². The predicted molar refractivity (Wildman–Crippen MR) is 103 cm³/mol. The smallest absolute Gasteiger partial charge is 0.244 e. The van der Waals surface area contributed by atoms with Crippen molar-refractivity contribution in [3.05, 3.63) is 76.9 Å². The van der Waals surface area contributed by atoms with Gasteiger partial charge in [-0.15, -0.1) is 0 Å². The van der Waals surface area contributed by atoms with Gasteiger partial charge < -0.3 is 5.32 Å². The third-order valence-corrected chi connectivity index (χ3v) is 4.63. The number of aryl methyl sites for hydroxylation is 1. The molecule has 0 radical (unpaired) electrons. The number of hydrogen-bond donors (Lipinski definition) is 1. The van der Waals surface area contributed by atoms with Crippen LogP contribution in [-0.2, 0) is 17.9 Å². The van der Waals surface area contributed by atoms with E-state index in [0.29, 0.717) is 6.54 Å². The van der Waals surface area contributed by atoms with E-state index >= 15 is 0 Å². The van der Waals surface area contributed by atoms with E-state index in [4.69, 9.17) is 0 Å². The Hall–Kier alpha value is -2.39. The summed E-state index contributed by atoms with van der Waals surface area (Å²) >= 11 is 0. The van der Waals surface area contributed by atoms with E-state index in [2.05, 4.69) is 47.5 Å². The maximum Gasteiger partial charge on any atom is 0.244 e. The molecule has 2 aromatic carbocycles. The standard InChI is InChI=1S/C22H26N2O/c1-18-7-6-8-19(15-18)11-12-22(25)23-16-20-9-2-3-10-21(20)17-24-13-4-5-14-24/h2-3,6-12,15H,4-5,13-14,16-17H2,1H3,(H,23,25)/b12-11+. The van der Waals surface area contributed by atoms with Crippen LogP contribution in [0.2, 0.25) is 0 Å². The molecular weight excluding hydrogens is 308 g/mol. The summed E-state index contributed by atoms with van der Waals surface area (Å²) in [5.41, 5.74) is 4.75. The molecule has 0 aromatic heterocycles. The molecule has 1 saturated heterocycles. The number of rotatable bonds is 6. The van der Waals surface area contributed by atoms with Crippen LogP contribution < -0.4 is 5.32 Å². The highest BCUT2D eigenvalue weighted by Crippen LogP contribution is 2.16. The summed E-state index contributed by atoms with van der Waals surface area (Å²) in [6.45, 7) is 5.96. The molecule has 1 aliphatic heterocycles. The Labute approximate surface area is 150 Å². The summed E-state index contributed by atoms with van der Waals surface area (Å²) in [4.78, 5) is 14.6. The van der Waals surface area contributed by atoms with Gasteiger partial charge in [0, 0.05) is 19.2 Å².